The first-order chi connectivity index (χ1) is 12.7. The molecule has 0 aromatic heterocycles. The predicted octanol–water partition coefficient (Wildman–Crippen LogP) is 3.62. The molecule has 0 spiro atoms. The number of fused-ring (bicyclic) bond motifs is 1. The van der Waals surface area contributed by atoms with Crippen molar-refractivity contribution in [2.24, 2.45) is 0 Å². The van der Waals surface area contributed by atoms with E-state index in [0.29, 0.717) is 41.5 Å². The molecule has 0 fully saturated rings. The van der Waals surface area contributed by atoms with Gasteiger partial charge in [-0.3, -0.25) is 0 Å². The number of rotatable bonds is 2. The number of benzene rings is 2. The number of ether oxygens (including phenoxy) is 4. The molecule has 0 radical (unpaired) electrons. The molecule has 2 aromatic rings. The lowest BCUT2D eigenvalue weighted by atomic mass is 10.1. The lowest BCUT2D eigenvalue weighted by Crippen LogP contribution is -2.15. The summed E-state index contributed by atoms with van der Waals surface area (Å²) < 4.78 is 21.9. The van der Waals surface area contributed by atoms with Crippen molar-refractivity contribution in [2.75, 3.05) is 32.8 Å². The van der Waals surface area contributed by atoms with Gasteiger partial charge in [0.25, 0.3) is 0 Å². The van der Waals surface area contributed by atoms with Crippen molar-refractivity contribution in [3.8, 4) is 46.7 Å². The van der Waals surface area contributed by atoms with Gasteiger partial charge in [-0.05, 0) is 18.2 Å². The van der Waals surface area contributed by atoms with Crippen LogP contribution in [0.15, 0.2) is 30.3 Å². The lowest BCUT2D eigenvalue weighted by molar-refractivity contribution is 0.171. The van der Waals surface area contributed by atoms with Gasteiger partial charge in [-0.1, -0.05) is 39.6 Å². The maximum Gasteiger partial charge on any atom is 0.162 e. The predicted molar refractivity (Wildman–Crippen MR) is 104 cm³/mol. The Morgan fingerprint density at radius 3 is 2.15 bits per heavy atom. The molecule has 0 N–H and O–H groups in total. The van der Waals surface area contributed by atoms with Gasteiger partial charge in [-0.15, -0.1) is 0 Å². The number of halogens is 1. The van der Waals surface area contributed by atoms with Crippen molar-refractivity contribution in [3.05, 3.63) is 47.0 Å². The molecule has 3 rings (SSSR count). The molecule has 132 valence electrons. The van der Waals surface area contributed by atoms with Crippen molar-refractivity contribution in [1.29, 1.82) is 0 Å². The second-order valence-corrected chi connectivity index (χ2v) is 5.86. The Labute approximate surface area is 161 Å². The van der Waals surface area contributed by atoms with E-state index < -0.39 is 0 Å². The summed E-state index contributed by atoms with van der Waals surface area (Å²) in [5.74, 6) is 15.1. The molecule has 1 aliphatic rings. The quantitative estimate of drug-likeness (QED) is 0.557. The fraction of sp³-hybridized carbons (Fsp3) is 0.238. The van der Waals surface area contributed by atoms with Crippen molar-refractivity contribution < 1.29 is 18.9 Å². The molecular formula is C21H17BrO4. The minimum atomic E-state index is 0.530. The summed E-state index contributed by atoms with van der Waals surface area (Å²) in [5.41, 5.74) is 2.41. The number of hydrogen-bond donors (Lipinski definition) is 0. The van der Waals surface area contributed by atoms with Gasteiger partial charge in [0.2, 0.25) is 0 Å². The Balaban J connectivity index is 2.00. The molecule has 4 nitrogen and oxygen atoms in total. The number of methoxy groups -OCH3 is 2. The van der Waals surface area contributed by atoms with Crippen LogP contribution in [0, 0.1) is 23.7 Å². The zero-order chi connectivity index (χ0) is 18.4. The summed E-state index contributed by atoms with van der Waals surface area (Å²) in [6.45, 7) is 1.07. The summed E-state index contributed by atoms with van der Waals surface area (Å²) in [4.78, 5) is 0. The van der Waals surface area contributed by atoms with Gasteiger partial charge in [0, 0.05) is 28.8 Å². The van der Waals surface area contributed by atoms with E-state index in [2.05, 4.69) is 39.6 Å². The number of alkyl halides is 1. The molecule has 5 heteroatoms. The van der Waals surface area contributed by atoms with Crippen LogP contribution < -0.4 is 18.9 Å². The summed E-state index contributed by atoms with van der Waals surface area (Å²) in [6, 6.07) is 9.31. The zero-order valence-electron chi connectivity index (χ0n) is 14.5. The van der Waals surface area contributed by atoms with Gasteiger partial charge in [0.05, 0.1) is 19.5 Å². The van der Waals surface area contributed by atoms with Gasteiger partial charge < -0.3 is 18.9 Å². The molecule has 1 aliphatic heterocycles. The Morgan fingerprint density at radius 2 is 1.54 bits per heavy atom. The molecule has 0 aliphatic carbocycles. The fourth-order valence-corrected chi connectivity index (χ4v) is 2.62. The Bertz CT molecular complexity index is 929. The van der Waals surface area contributed by atoms with E-state index >= 15 is 0 Å². The first-order valence-electron chi connectivity index (χ1n) is 7.97. The van der Waals surface area contributed by atoms with Crippen LogP contribution in [0.2, 0.25) is 0 Å². The summed E-state index contributed by atoms with van der Waals surface area (Å²) in [7, 11) is 3.21. The molecule has 0 amide bonds. The van der Waals surface area contributed by atoms with E-state index in [1.165, 1.54) is 0 Å². The molecule has 2 aromatic carbocycles. The highest BCUT2D eigenvalue weighted by Crippen LogP contribution is 2.33. The van der Waals surface area contributed by atoms with Gasteiger partial charge >= 0.3 is 0 Å². The summed E-state index contributed by atoms with van der Waals surface area (Å²) in [5, 5.41) is 0.587. The van der Waals surface area contributed by atoms with E-state index in [9.17, 15) is 0 Å². The van der Waals surface area contributed by atoms with Crippen molar-refractivity contribution in [3.63, 3.8) is 0 Å². The van der Waals surface area contributed by atoms with Crippen LogP contribution >= 0.6 is 15.9 Å². The highest BCUT2D eigenvalue weighted by atomic mass is 79.9. The average molecular weight is 413 g/mol. The molecule has 0 unspecified atom stereocenters. The second kappa shape index (κ2) is 8.56. The zero-order valence-corrected chi connectivity index (χ0v) is 16.1. The van der Waals surface area contributed by atoms with Gasteiger partial charge in [0.1, 0.15) is 13.2 Å². The SMILES string of the molecule is COc1ccc(C#Cc2cc3c(cc2C#CCBr)OCCO3)cc1OC. The molecule has 0 saturated carbocycles. The van der Waals surface area contributed by atoms with Crippen LogP contribution in [-0.2, 0) is 0 Å². The third kappa shape index (κ3) is 4.07. The lowest BCUT2D eigenvalue weighted by Gasteiger charge is -2.19. The highest BCUT2D eigenvalue weighted by Gasteiger charge is 2.14. The van der Waals surface area contributed by atoms with Gasteiger partial charge in [0.15, 0.2) is 23.0 Å². The Morgan fingerprint density at radius 1 is 0.885 bits per heavy atom. The molecule has 1 heterocycles. The minimum absolute atomic E-state index is 0.530. The molecule has 0 saturated heterocycles. The van der Waals surface area contributed by atoms with E-state index in [0.717, 1.165) is 16.7 Å². The molecule has 26 heavy (non-hydrogen) atoms. The van der Waals surface area contributed by atoms with Crippen LogP contribution in [0.25, 0.3) is 0 Å². The van der Waals surface area contributed by atoms with Crippen molar-refractivity contribution in [1.82, 2.24) is 0 Å². The van der Waals surface area contributed by atoms with E-state index in [1.54, 1.807) is 14.2 Å². The third-order valence-corrected chi connectivity index (χ3v) is 3.98. The van der Waals surface area contributed by atoms with Crippen LogP contribution in [0.5, 0.6) is 23.0 Å². The molecule has 0 atom stereocenters. The Hall–Kier alpha value is -2.76. The van der Waals surface area contributed by atoms with E-state index in [1.807, 2.05) is 30.3 Å². The van der Waals surface area contributed by atoms with Gasteiger partial charge in [-0.25, -0.2) is 0 Å². The maximum atomic E-state index is 5.66. The maximum absolute atomic E-state index is 5.66. The van der Waals surface area contributed by atoms with Crippen LogP contribution in [0.4, 0.5) is 0 Å². The standard InChI is InChI=1S/C21H17BrO4/c1-23-18-8-6-15(12-19(18)24-2)5-7-17-14-21-20(25-10-11-26-21)13-16(17)4-3-9-22/h6,8,12-14H,9-11H2,1-2H3. The van der Waals surface area contributed by atoms with Crippen molar-refractivity contribution >= 4 is 15.9 Å². The minimum Gasteiger partial charge on any atom is -0.493 e. The second-order valence-electron chi connectivity index (χ2n) is 5.30. The third-order valence-electron chi connectivity index (χ3n) is 3.70. The molecular weight excluding hydrogens is 396 g/mol. The average Bonchev–Trinajstić information content (AvgIpc) is 2.70. The van der Waals surface area contributed by atoms with E-state index in [-0.39, 0.29) is 0 Å². The first kappa shape index (κ1) is 18.0. The van der Waals surface area contributed by atoms with Gasteiger partial charge in [-0.2, -0.15) is 0 Å². The summed E-state index contributed by atoms with van der Waals surface area (Å²) in [6.07, 6.45) is 0. The molecule has 0 bridgehead atoms. The highest BCUT2D eigenvalue weighted by molar-refractivity contribution is 9.09. The number of hydrogen-bond acceptors (Lipinski definition) is 4. The smallest absolute Gasteiger partial charge is 0.162 e. The van der Waals surface area contributed by atoms with Crippen molar-refractivity contribution in [2.45, 2.75) is 0 Å². The van der Waals surface area contributed by atoms with Crippen LogP contribution in [0.1, 0.15) is 16.7 Å². The summed E-state index contributed by atoms with van der Waals surface area (Å²) >= 11 is 3.32. The van der Waals surface area contributed by atoms with Crippen LogP contribution in [0.3, 0.4) is 0 Å². The monoisotopic (exact) mass is 412 g/mol. The van der Waals surface area contributed by atoms with Crippen LogP contribution in [-0.4, -0.2) is 32.8 Å². The Kier molecular flexibility index (Phi) is 5.94. The van der Waals surface area contributed by atoms with E-state index in [4.69, 9.17) is 18.9 Å². The first-order valence-corrected chi connectivity index (χ1v) is 9.10. The topological polar surface area (TPSA) is 36.9 Å². The normalized spacial score (nSPS) is 11.5. The largest absolute Gasteiger partial charge is 0.493 e. The fourth-order valence-electron chi connectivity index (χ4n) is 2.48.